The van der Waals surface area contributed by atoms with E-state index in [9.17, 15) is 18.8 Å². The van der Waals surface area contributed by atoms with Crippen molar-refractivity contribution in [2.75, 3.05) is 20.2 Å². The minimum absolute atomic E-state index is 0.00400. The van der Waals surface area contributed by atoms with E-state index in [1.807, 2.05) is 18.2 Å². The van der Waals surface area contributed by atoms with Crippen molar-refractivity contribution in [2.45, 2.75) is 44.7 Å². The maximum absolute atomic E-state index is 13.6. The molecule has 0 radical (unpaired) electrons. The molecule has 3 aromatic rings. The fraction of sp³-hybridized carbons (Fsp3) is 0.379. The molecule has 8 nitrogen and oxygen atoms in total. The van der Waals surface area contributed by atoms with Crippen LogP contribution in [0.25, 0.3) is 10.8 Å². The van der Waals surface area contributed by atoms with Gasteiger partial charge in [0.1, 0.15) is 12.4 Å². The third-order valence-electron chi connectivity index (χ3n) is 7.02. The summed E-state index contributed by atoms with van der Waals surface area (Å²) in [6.45, 7) is 0.891. The third-order valence-corrected chi connectivity index (χ3v) is 7.38. The Morgan fingerprint density at radius 3 is 2.85 bits per heavy atom. The fourth-order valence-corrected chi connectivity index (χ4v) is 4.86. The van der Waals surface area contributed by atoms with E-state index >= 15 is 0 Å². The van der Waals surface area contributed by atoms with Gasteiger partial charge in [-0.1, -0.05) is 29.8 Å². The molecule has 3 amide bonds. The van der Waals surface area contributed by atoms with Crippen LogP contribution >= 0.6 is 11.6 Å². The number of amides is 3. The molecule has 39 heavy (non-hydrogen) atoms. The second kappa shape index (κ2) is 13.4. The minimum atomic E-state index is -0.495. The number of nitrogens with one attached hydrogen (secondary N) is 2. The average molecular weight is 555 g/mol. The number of halogens is 2. The first kappa shape index (κ1) is 28.3. The Hall–Kier alpha value is -3.72. The van der Waals surface area contributed by atoms with Crippen LogP contribution in [0.3, 0.4) is 0 Å². The number of hydrogen-bond donors (Lipinski definition) is 2. The summed E-state index contributed by atoms with van der Waals surface area (Å²) < 4.78 is 19.2. The van der Waals surface area contributed by atoms with Crippen molar-refractivity contribution in [2.24, 2.45) is 5.92 Å². The van der Waals surface area contributed by atoms with Crippen molar-refractivity contribution >= 4 is 40.3 Å². The number of hydrogen-bond acceptors (Lipinski definition) is 5. The van der Waals surface area contributed by atoms with Gasteiger partial charge in [0, 0.05) is 43.2 Å². The number of piperidine rings is 1. The van der Waals surface area contributed by atoms with Gasteiger partial charge >= 0.3 is 12.0 Å². The normalized spacial score (nSPS) is 15.9. The van der Waals surface area contributed by atoms with Crippen LogP contribution in [0.5, 0.6) is 0 Å². The Bertz CT molecular complexity index is 1340. The highest BCUT2D eigenvalue weighted by molar-refractivity contribution is 6.31. The van der Waals surface area contributed by atoms with E-state index in [4.69, 9.17) is 16.3 Å². The SMILES string of the molecule is CN(C(=O)NCc1ccccc1Cl)[C@@H](CCC1CCNC(=O)C1)COC(=O)Cc1cc2cc(F)ccc2cn1. The number of carbonyl (C=O) groups is 3. The maximum atomic E-state index is 13.6. The molecule has 2 aromatic carbocycles. The number of benzene rings is 2. The molecule has 0 bridgehead atoms. The summed E-state index contributed by atoms with van der Waals surface area (Å²) in [6, 6.07) is 12.6. The van der Waals surface area contributed by atoms with Gasteiger partial charge in [-0.3, -0.25) is 14.6 Å². The molecular weight excluding hydrogens is 523 g/mol. The Balaban J connectivity index is 1.37. The van der Waals surface area contributed by atoms with Gasteiger partial charge in [-0.25, -0.2) is 9.18 Å². The van der Waals surface area contributed by atoms with E-state index in [0.29, 0.717) is 35.5 Å². The predicted molar refractivity (Wildman–Crippen MR) is 147 cm³/mol. The zero-order valence-electron chi connectivity index (χ0n) is 21.8. The lowest BCUT2D eigenvalue weighted by atomic mass is 9.91. The van der Waals surface area contributed by atoms with Crippen molar-refractivity contribution in [3.05, 3.63) is 76.8 Å². The van der Waals surface area contributed by atoms with E-state index in [0.717, 1.165) is 23.8 Å². The second-order valence-corrected chi connectivity index (χ2v) is 10.2. The molecule has 1 saturated heterocycles. The van der Waals surface area contributed by atoms with Gasteiger partial charge in [0.05, 0.1) is 18.2 Å². The molecule has 206 valence electrons. The molecule has 1 fully saturated rings. The molecule has 2 N–H and O–H groups in total. The molecule has 10 heteroatoms. The number of aromatic nitrogens is 1. The quantitative estimate of drug-likeness (QED) is 0.356. The van der Waals surface area contributed by atoms with Crippen LogP contribution in [0.2, 0.25) is 5.02 Å². The number of rotatable bonds is 10. The van der Waals surface area contributed by atoms with Crippen molar-refractivity contribution in [1.82, 2.24) is 20.5 Å². The van der Waals surface area contributed by atoms with Gasteiger partial charge in [0.2, 0.25) is 5.91 Å². The molecule has 1 aromatic heterocycles. The number of pyridine rings is 1. The Labute approximate surface area is 231 Å². The molecule has 1 aliphatic rings. The summed E-state index contributed by atoms with van der Waals surface area (Å²) in [6.07, 6.45) is 4.12. The van der Waals surface area contributed by atoms with Crippen molar-refractivity contribution in [3.8, 4) is 0 Å². The zero-order chi connectivity index (χ0) is 27.8. The molecule has 4 rings (SSSR count). The van der Waals surface area contributed by atoms with Crippen LogP contribution < -0.4 is 10.6 Å². The predicted octanol–water partition coefficient (Wildman–Crippen LogP) is 4.63. The lowest BCUT2D eigenvalue weighted by Gasteiger charge is -2.30. The number of likely N-dealkylation sites (N-methyl/N-ethyl adjacent to an activating group) is 1. The second-order valence-electron chi connectivity index (χ2n) is 9.83. The molecule has 0 saturated carbocycles. The Morgan fingerprint density at radius 1 is 1.23 bits per heavy atom. The van der Waals surface area contributed by atoms with Crippen LogP contribution in [-0.4, -0.2) is 54.0 Å². The summed E-state index contributed by atoms with van der Waals surface area (Å²) in [5.41, 5.74) is 1.26. The first-order chi connectivity index (χ1) is 18.8. The van der Waals surface area contributed by atoms with E-state index in [1.165, 1.54) is 17.0 Å². The topological polar surface area (TPSA) is 101 Å². The number of urea groups is 1. The van der Waals surface area contributed by atoms with Gasteiger partial charge in [-0.15, -0.1) is 0 Å². The number of esters is 1. The van der Waals surface area contributed by atoms with E-state index in [-0.39, 0.29) is 43.2 Å². The molecular formula is C29H32ClFN4O4. The van der Waals surface area contributed by atoms with Gasteiger partial charge < -0.3 is 20.3 Å². The third kappa shape index (κ3) is 8.13. The largest absolute Gasteiger partial charge is 0.463 e. The van der Waals surface area contributed by atoms with Crippen LogP contribution in [0.1, 0.15) is 36.9 Å². The Morgan fingerprint density at radius 2 is 2.05 bits per heavy atom. The maximum Gasteiger partial charge on any atom is 0.317 e. The van der Waals surface area contributed by atoms with Crippen LogP contribution in [0.15, 0.2) is 54.7 Å². The number of carbonyl (C=O) groups excluding carboxylic acids is 3. The highest BCUT2D eigenvalue weighted by Gasteiger charge is 2.25. The average Bonchev–Trinajstić information content (AvgIpc) is 2.92. The molecule has 2 heterocycles. The molecule has 1 aliphatic heterocycles. The highest BCUT2D eigenvalue weighted by atomic mass is 35.5. The summed E-state index contributed by atoms with van der Waals surface area (Å²) >= 11 is 6.21. The molecule has 1 unspecified atom stereocenters. The molecule has 0 aliphatic carbocycles. The fourth-order valence-electron chi connectivity index (χ4n) is 4.66. The van der Waals surface area contributed by atoms with Gasteiger partial charge in [-0.2, -0.15) is 0 Å². The summed E-state index contributed by atoms with van der Waals surface area (Å²) in [5.74, 6) is -0.622. The lowest BCUT2D eigenvalue weighted by molar-refractivity contribution is -0.144. The summed E-state index contributed by atoms with van der Waals surface area (Å²) in [5, 5.41) is 7.69. The lowest BCUT2D eigenvalue weighted by Crippen LogP contribution is -2.46. The van der Waals surface area contributed by atoms with E-state index < -0.39 is 12.0 Å². The van der Waals surface area contributed by atoms with Crippen molar-refractivity contribution in [3.63, 3.8) is 0 Å². The summed E-state index contributed by atoms with van der Waals surface area (Å²) in [7, 11) is 1.66. The van der Waals surface area contributed by atoms with Crippen molar-refractivity contribution < 1.29 is 23.5 Å². The van der Waals surface area contributed by atoms with Gasteiger partial charge in [-0.05, 0) is 66.5 Å². The molecule has 0 spiro atoms. The smallest absolute Gasteiger partial charge is 0.317 e. The standard InChI is InChI=1S/C29H32ClFN4O4/c1-35(29(38)34-17-21-4-2-3-5-26(21)30)25(9-6-19-10-11-32-27(36)12-19)18-39-28(37)15-24-14-22-13-23(31)8-7-20(22)16-33-24/h2-5,7-8,13-14,16,19,25H,6,9-12,15,17-18H2,1H3,(H,32,36)(H,34,38)/t19?,25-/m0/s1. The van der Waals surface area contributed by atoms with Crippen LogP contribution in [0, 0.1) is 11.7 Å². The Kier molecular flexibility index (Phi) is 9.70. The number of fused-ring (bicyclic) bond motifs is 1. The van der Waals surface area contributed by atoms with Crippen LogP contribution in [-0.2, 0) is 27.3 Å². The number of nitrogens with zero attached hydrogens (tertiary/aromatic N) is 2. The van der Waals surface area contributed by atoms with E-state index in [2.05, 4.69) is 15.6 Å². The van der Waals surface area contributed by atoms with Crippen LogP contribution in [0.4, 0.5) is 9.18 Å². The zero-order valence-corrected chi connectivity index (χ0v) is 22.5. The van der Waals surface area contributed by atoms with Crippen molar-refractivity contribution in [1.29, 1.82) is 0 Å². The molecule has 2 atom stereocenters. The van der Waals surface area contributed by atoms with Gasteiger partial charge in [0.25, 0.3) is 0 Å². The highest BCUT2D eigenvalue weighted by Crippen LogP contribution is 2.22. The van der Waals surface area contributed by atoms with E-state index in [1.54, 1.807) is 31.4 Å². The first-order valence-corrected chi connectivity index (χ1v) is 13.4. The number of ether oxygens (including phenoxy) is 1. The summed E-state index contributed by atoms with van der Waals surface area (Å²) in [4.78, 5) is 43.3. The van der Waals surface area contributed by atoms with Gasteiger partial charge in [0.15, 0.2) is 0 Å². The minimum Gasteiger partial charge on any atom is -0.463 e. The first-order valence-electron chi connectivity index (χ1n) is 13.0. The monoisotopic (exact) mass is 554 g/mol.